The fourth-order valence-electron chi connectivity index (χ4n) is 1.62. The lowest BCUT2D eigenvalue weighted by molar-refractivity contribution is -0.688. The van der Waals surface area contributed by atoms with Gasteiger partial charge in [0, 0.05) is 23.3 Å². The van der Waals surface area contributed by atoms with Crippen molar-refractivity contribution in [3.63, 3.8) is 0 Å². The number of rotatable bonds is 4. The molecule has 0 bridgehead atoms. The molecule has 0 aliphatic rings. The Morgan fingerprint density at radius 2 is 1.71 bits per heavy atom. The molecule has 0 saturated heterocycles. The van der Waals surface area contributed by atoms with Gasteiger partial charge in [0.1, 0.15) is 0 Å². The summed E-state index contributed by atoms with van der Waals surface area (Å²) in [5, 5.41) is 0.371. The highest BCUT2D eigenvalue weighted by atomic mass is 79.9. The summed E-state index contributed by atoms with van der Waals surface area (Å²) in [6.45, 7) is 0.823. The first-order valence-corrected chi connectivity index (χ1v) is 6.54. The molecule has 2 nitrogen and oxygen atoms in total. The number of aromatic nitrogens is 1. The van der Waals surface area contributed by atoms with E-state index >= 15 is 0 Å². The maximum Gasteiger partial charge on any atom is 0.173 e. The molecule has 0 aliphatic carbocycles. The van der Waals surface area contributed by atoms with Crippen molar-refractivity contribution in [2.75, 3.05) is 5.33 Å². The first kappa shape index (κ1) is 12.0. The number of carbonyl (C=O) groups is 1. The Hall–Kier alpha value is -1.48. The predicted octanol–water partition coefficient (Wildman–Crippen LogP) is 2.60. The lowest BCUT2D eigenvalue weighted by Gasteiger charge is -1.99. The second-order valence-electron chi connectivity index (χ2n) is 3.80. The summed E-state index contributed by atoms with van der Waals surface area (Å²) in [5.41, 5.74) is 1.99. The monoisotopic (exact) mass is 290 g/mol. The van der Waals surface area contributed by atoms with E-state index in [4.69, 9.17) is 0 Å². The molecule has 0 unspecified atom stereocenters. The van der Waals surface area contributed by atoms with E-state index in [9.17, 15) is 4.79 Å². The van der Waals surface area contributed by atoms with Crippen molar-refractivity contribution >= 4 is 21.7 Å². The quantitative estimate of drug-likeness (QED) is 0.482. The van der Waals surface area contributed by atoms with Gasteiger partial charge in [-0.2, -0.15) is 0 Å². The van der Waals surface area contributed by atoms with Gasteiger partial charge in [-0.3, -0.25) is 4.79 Å². The smallest absolute Gasteiger partial charge is 0.173 e. The lowest BCUT2D eigenvalue weighted by Crippen LogP contribution is -2.33. The van der Waals surface area contributed by atoms with Gasteiger partial charge in [-0.05, 0) is 0 Å². The molecule has 17 heavy (non-hydrogen) atoms. The van der Waals surface area contributed by atoms with Crippen LogP contribution in [0.25, 0.3) is 0 Å². The van der Waals surface area contributed by atoms with Gasteiger partial charge in [0.15, 0.2) is 24.7 Å². The van der Waals surface area contributed by atoms with Crippen LogP contribution in [0.2, 0.25) is 0 Å². The summed E-state index contributed by atoms with van der Waals surface area (Å²) in [4.78, 5) is 11.4. The second kappa shape index (κ2) is 5.73. The maximum atomic E-state index is 11.4. The van der Waals surface area contributed by atoms with Crippen LogP contribution in [-0.4, -0.2) is 11.1 Å². The minimum absolute atomic E-state index is 0.108. The zero-order valence-electron chi connectivity index (χ0n) is 9.34. The zero-order chi connectivity index (χ0) is 12.1. The summed E-state index contributed by atoms with van der Waals surface area (Å²) in [5.74, 6) is 0.108. The average molecular weight is 291 g/mol. The van der Waals surface area contributed by atoms with Crippen molar-refractivity contribution < 1.29 is 9.36 Å². The molecule has 0 aliphatic heterocycles. The van der Waals surface area contributed by atoms with E-state index in [0.717, 1.165) is 12.1 Å². The van der Waals surface area contributed by atoms with Crippen LogP contribution in [0.3, 0.4) is 0 Å². The molecule has 0 atom stereocenters. The molecule has 1 aromatic carbocycles. The fraction of sp³-hybridized carbons (Fsp3) is 0.143. The lowest BCUT2D eigenvalue weighted by atomic mass is 10.2. The Morgan fingerprint density at radius 3 is 2.29 bits per heavy atom. The van der Waals surface area contributed by atoms with E-state index in [0.29, 0.717) is 5.33 Å². The highest BCUT2D eigenvalue weighted by molar-refractivity contribution is 9.09. The number of nitrogens with zero attached hydrogens (tertiary/aromatic N) is 1. The molecule has 0 saturated carbocycles. The van der Waals surface area contributed by atoms with E-state index in [1.165, 1.54) is 5.56 Å². The van der Waals surface area contributed by atoms with Gasteiger partial charge < -0.3 is 0 Å². The van der Waals surface area contributed by atoms with Crippen molar-refractivity contribution in [2.24, 2.45) is 0 Å². The molecule has 0 fully saturated rings. The third-order valence-electron chi connectivity index (χ3n) is 2.54. The van der Waals surface area contributed by atoms with Crippen LogP contribution in [0.5, 0.6) is 0 Å². The van der Waals surface area contributed by atoms with Crippen LogP contribution in [0.4, 0.5) is 0 Å². The Morgan fingerprint density at radius 1 is 1.06 bits per heavy atom. The molecular formula is C14H13BrNO+. The van der Waals surface area contributed by atoms with Crippen LogP contribution in [-0.2, 0) is 6.54 Å². The minimum atomic E-state index is 0.108. The summed E-state index contributed by atoms with van der Waals surface area (Å²) >= 11 is 3.17. The van der Waals surface area contributed by atoms with Crippen LogP contribution in [0.1, 0.15) is 15.9 Å². The van der Waals surface area contributed by atoms with Gasteiger partial charge in [0.05, 0.1) is 5.33 Å². The van der Waals surface area contributed by atoms with E-state index in [1.807, 2.05) is 42.7 Å². The first-order valence-electron chi connectivity index (χ1n) is 5.42. The summed E-state index contributed by atoms with van der Waals surface area (Å²) in [6, 6.07) is 13.9. The van der Waals surface area contributed by atoms with Crippen molar-refractivity contribution in [1.82, 2.24) is 0 Å². The third kappa shape index (κ3) is 3.24. The van der Waals surface area contributed by atoms with Crippen molar-refractivity contribution in [1.29, 1.82) is 0 Å². The third-order valence-corrected chi connectivity index (χ3v) is 3.05. The number of ketones is 1. The van der Waals surface area contributed by atoms with Gasteiger partial charge in [-0.1, -0.05) is 46.3 Å². The topological polar surface area (TPSA) is 20.9 Å². The number of hydrogen-bond donors (Lipinski definition) is 0. The number of pyridine rings is 1. The number of halogens is 1. The number of alkyl halides is 1. The highest BCUT2D eigenvalue weighted by Crippen LogP contribution is 2.01. The summed E-state index contributed by atoms with van der Waals surface area (Å²) < 4.78 is 2.06. The first-order chi connectivity index (χ1) is 8.29. The van der Waals surface area contributed by atoms with E-state index < -0.39 is 0 Å². The SMILES string of the molecule is O=C(CBr)c1cc[n+](Cc2ccccc2)cc1. The minimum Gasteiger partial charge on any atom is -0.293 e. The van der Waals surface area contributed by atoms with E-state index in [2.05, 4.69) is 32.6 Å². The van der Waals surface area contributed by atoms with Crippen LogP contribution in [0, 0.1) is 0 Å². The number of carbonyl (C=O) groups excluding carboxylic acids is 1. The molecule has 0 amide bonds. The molecule has 2 rings (SSSR count). The van der Waals surface area contributed by atoms with Crippen LogP contribution < -0.4 is 4.57 Å². The van der Waals surface area contributed by atoms with E-state index in [1.54, 1.807) is 0 Å². The summed E-state index contributed by atoms with van der Waals surface area (Å²) in [7, 11) is 0. The Kier molecular flexibility index (Phi) is 4.04. The predicted molar refractivity (Wildman–Crippen MR) is 70.3 cm³/mol. The normalized spacial score (nSPS) is 10.2. The van der Waals surface area contributed by atoms with Crippen molar-refractivity contribution in [3.8, 4) is 0 Å². The van der Waals surface area contributed by atoms with Gasteiger partial charge in [0.25, 0.3) is 0 Å². The standard InChI is InChI=1S/C14H13BrNO/c15-10-14(17)13-6-8-16(9-7-13)11-12-4-2-1-3-5-12/h1-9H,10-11H2/q+1. The second-order valence-corrected chi connectivity index (χ2v) is 4.36. The maximum absolute atomic E-state index is 11.4. The Balaban J connectivity index is 2.11. The number of hydrogen-bond acceptors (Lipinski definition) is 1. The van der Waals surface area contributed by atoms with Crippen LogP contribution in [0.15, 0.2) is 54.9 Å². The summed E-state index contributed by atoms with van der Waals surface area (Å²) in [6.07, 6.45) is 3.87. The van der Waals surface area contributed by atoms with Gasteiger partial charge in [-0.25, -0.2) is 4.57 Å². The molecule has 0 radical (unpaired) electrons. The molecule has 1 aromatic heterocycles. The molecule has 0 spiro atoms. The average Bonchev–Trinajstić information content (AvgIpc) is 2.40. The zero-order valence-corrected chi connectivity index (χ0v) is 10.9. The van der Waals surface area contributed by atoms with E-state index in [-0.39, 0.29) is 5.78 Å². The molecule has 86 valence electrons. The Labute approximate surface area is 109 Å². The van der Waals surface area contributed by atoms with Gasteiger partial charge in [-0.15, -0.1) is 0 Å². The van der Waals surface area contributed by atoms with Crippen molar-refractivity contribution in [3.05, 3.63) is 66.0 Å². The fourth-order valence-corrected chi connectivity index (χ4v) is 1.94. The largest absolute Gasteiger partial charge is 0.293 e. The molecule has 0 N–H and O–H groups in total. The van der Waals surface area contributed by atoms with Crippen LogP contribution >= 0.6 is 15.9 Å². The molecular weight excluding hydrogens is 278 g/mol. The Bertz CT molecular complexity index is 493. The van der Waals surface area contributed by atoms with Crippen molar-refractivity contribution in [2.45, 2.75) is 6.54 Å². The number of Topliss-reactive ketones (excluding diaryl/α,β-unsaturated/α-hetero) is 1. The molecule has 2 aromatic rings. The molecule has 1 heterocycles. The molecule has 3 heteroatoms. The van der Waals surface area contributed by atoms with Gasteiger partial charge in [0.2, 0.25) is 0 Å². The van der Waals surface area contributed by atoms with Gasteiger partial charge >= 0.3 is 0 Å². The highest BCUT2D eigenvalue weighted by Gasteiger charge is 2.07. The number of benzene rings is 1.